The Morgan fingerprint density at radius 1 is 1.21 bits per heavy atom. The van der Waals surface area contributed by atoms with E-state index in [1.54, 1.807) is 0 Å². The van der Waals surface area contributed by atoms with Crippen molar-refractivity contribution in [3.63, 3.8) is 0 Å². The minimum Gasteiger partial charge on any atom is -0.486 e. The van der Waals surface area contributed by atoms with Crippen molar-refractivity contribution < 1.29 is 28.7 Å². The number of nitro groups is 1. The van der Waals surface area contributed by atoms with Crippen molar-refractivity contribution in [2.75, 3.05) is 13.2 Å². The first kappa shape index (κ1) is 19.9. The quantitative estimate of drug-likeness (QED) is 0.465. The topological polar surface area (TPSA) is 117 Å². The van der Waals surface area contributed by atoms with Gasteiger partial charge in [0.15, 0.2) is 17.6 Å². The summed E-state index contributed by atoms with van der Waals surface area (Å²) in [6, 6.07) is 2.41. The number of hydrogen-bond acceptors (Lipinski definition) is 7. The Balaban J connectivity index is 1.71. The molecule has 0 unspecified atom stereocenters. The van der Waals surface area contributed by atoms with Gasteiger partial charge < -0.3 is 19.5 Å². The zero-order valence-electron chi connectivity index (χ0n) is 15.9. The first-order valence-corrected chi connectivity index (χ1v) is 9.46. The summed E-state index contributed by atoms with van der Waals surface area (Å²) in [5.74, 6) is -0.571. The van der Waals surface area contributed by atoms with Crippen LogP contribution < -0.4 is 14.8 Å². The van der Waals surface area contributed by atoms with Gasteiger partial charge in [0, 0.05) is 12.1 Å². The van der Waals surface area contributed by atoms with Crippen LogP contribution >= 0.6 is 0 Å². The summed E-state index contributed by atoms with van der Waals surface area (Å²) < 4.78 is 15.9. The number of nitrogens with zero attached hydrogens (tertiary/aromatic N) is 1. The number of esters is 1. The summed E-state index contributed by atoms with van der Waals surface area (Å²) in [6.45, 7) is 4.08. The first-order chi connectivity index (χ1) is 13.4. The lowest BCUT2D eigenvalue weighted by molar-refractivity contribution is -0.385. The van der Waals surface area contributed by atoms with E-state index in [1.165, 1.54) is 13.0 Å². The van der Waals surface area contributed by atoms with E-state index in [-0.39, 0.29) is 36.3 Å². The van der Waals surface area contributed by atoms with Crippen LogP contribution in [0.5, 0.6) is 11.5 Å². The lowest BCUT2D eigenvalue weighted by Gasteiger charge is -2.30. The van der Waals surface area contributed by atoms with E-state index < -0.39 is 28.6 Å². The standard InChI is InChI=1S/C19H24N2O7/c1-11-5-3-4-6-14(11)20-18(22)12(2)28-19(23)13-9-16-17(27-8-7-26-16)10-15(13)21(24)25/h9-12,14H,3-8H2,1-2H3,(H,20,22)/t11-,12-,14-/m1/s1. The van der Waals surface area contributed by atoms with Gasteiger partial charge in [-0.3, -0.25) is 14.9 Å². The largest absolute Gasteiger partial charge is 0.486 e. The summed E-state index contributed by atoms with van der Waals surface area (Å²) >= 11 is 0. The second-order valence-electron chi connectivity index (χ2n) is 7.19. The van der Waals surface area contributed by atoms with E-state index >= 15 is 0 Å². The predicted molar refractivity (Wildman–Crippen MR) is 98.5 cm³/mol. The van der Waals surface area contributed by atoms with Crippen LogP contribution in [0.4, 0.5) is 5.69 Å². The van der Waals surface area contributed by atoms with Crippen molar-refractivity contribution in [1.29, 1.82) is 0 Å². The highest BCUT2D eigenvalue weighted by atomic mass is 16.6. The molecule has 2 aliphatic rings. The minimum atomic E-state index is -1.07. The molecule has 0 bridgehead atoms. The number of amides is 1. The molecule has 0 radical (unpaired) electrons. The smallest absolute Gasteiger partial charge is 0.346 e. The predicted octanol–water partition coefficient (Wildman–Crippen LogP) is 2.61. The van der Waals surface area contributed by atoms with Crippen molar-refractivity contribution in [2.24, 2.45) is 5.92 Å². The van der Waals surface area contributed by atoms with Crippen LogP contribution in [0.2, 0.25) is 0 Å². The van der Waals surface area contributed by atoms with Crippen molar-refractivity contribution in [2.45, 2.75) is 51.7 Å². The Labute approximate surface area is 162 Å². The molecule has 1 aromatic carbocycles. The molecule has 9 heteroatoms. The van der Waals surface area contributed by atoms with E-state index in [2.05, 4.69) is 12.2 Å². The van der Waals surface area contributed by atoms with Crippen LogP contribution in [-0.2, 0) is 9.53 Å². The van der Waals surface area contributed by atoms with Crippen LogP contribution in [0.3, 0.4) is 0 Å². The molecule has 1 fully saturated rings. The molecule has 3 rings (SSSR count). The maximum absolute atomic E-state index is 12.5. The summed E-state index contributed by atoms with van der Waals surface area (Å²) in [5, 5.41) is 14.3. The van der Waals surface area contributed by atoms with Gasteiger partial charge in [-0.25, -0.2) is 4.79 Å². The summed E-state index contributed by atoms with van der Waals surface area (Å²) in [6.07, 6.45) is 3.05. The number of nitrogens with one attached hydrogen (secondary N) is 1. The van der Waals surface area contributed by atoms with E-state index in [0.717, 1.165) is 31.7 Å². The van der Waals surface area contributed by atoms with Crippen LogP contribution in [0.1, 0.15) is 49.9 Å². The number of carbonyl (C=O) groups is 2. The molecule has 9 nitrogen and oxygen atoms in total. The maximum Gasteiger partial charge on any atom is 0.346 e. The molecular formula is C19H24N2O7. The number of fused-ring (bicyclic) bond motifs is 1. The van der Waals surface area contributed by atoms with Crippen LogP contribution in [-0.4, -0.2) is 42.2 Å². The number of carbonyl (C=O) groups excluding carboxylic acids is 2. The Hall–Kier alpha value is -2.84. The van der Waals surface area contributed by atoms with Crippen LogP contribution in [0, 0.1) is 16.0 Å². The number of ether oxygens (including phenoxy) is 3. The fraction of sp³-hybridized carbons (Fsp3) is 0.579. The molecule has 3 atom stereocenters. The highest BCUT2D eigenvalue weighted by Crippen LogP contribution is 2.37. The Bertz CT molecular complexity index is 780. The van der Waals surface area contributed by atoms with Crippen LogP contribution in [0.25, 0.3) is 0 Å². The molecule has 152 valence electrons. The van der Waals surface area contributed by atoms with Gasteiger partial charge in [-0.1, -0.05) is 19.8 Å². The van der Waals surface area contributed by atoms with Crippen molar-refractivity contribution >= 4 is 17.6 Å². The fourth-order valence-corrected chi connectivity index (χ4v) is 3.50. The van der Waals surface area contributed by atoms with E-state index in [1.807, 2.05) is 0 Å². The summed E-state index contributed by atoms with van der Waals surface area (Å²) in [4.78, 5) is 35.6. The SMILES string of the molecule is C[C@@H]1CCCC[C@H]1NC(=O)[C@@H](C)OC(=O)c1cc2c(cc1[N+](=O)[O-])OCCO2. The van der Waals surface area contributed by atoms with Gasteiger partial charge in [0.25, 0.3) is 11.6 Å². The van der Waals surface area contributed by atoms with Gasteiger partial charge in [0.05, 0.1) is 11.0 Å². The van der Waals surface area contributed by atoms with Crippen LogP contribution in [0.15, 0.2) is 12.1 Å². The normalized spacial score (nSPS) is 22.1. The molecule has 0 aromatic heterocycles. The number of benzene rings is 1. The Morgan fingerprint density at radius 3 is 2.50 bits per heavy atom. The number of hydrogen-bond donors (Lipinski definition) is 1. The molecule has 1 heterocycles. The second kappa shape index (κ2) is 8.45. The zero-order valence-corrected chi connectivity index (χ0v) is 15.9. The summed E-state index contributed by atoms with van der Waals surface area (Å²) in [5.41, 5.74) is -0.734. The minimum absolute atomic E-state index is 0.0473. The van der Waals surface area contributed by atoms with Crippen molar-refractivity contribution in [3.8, 4) is 11.5 Å². The highest BCUT2D eigenvalue weighted by molar-refractivity contribution is 5.96. The van der Waals surface area contributed by atoms with Crippen molar-refractivity contribution in [3.05, 3.63) is 27.8 Å². The number of rotatable bonds is 5. The van der Waals surface area contributed by atoms with Gasteiger partial charge in [-0.2, -0.15) is 0 Å². The van der Waals surface area contributed by atoms with Gasteiger partial charge in [0.1, 0.15) is 18.8 Å². The zero-order chi connectivity index (χ0) is 20.3. The molecule has 1 N–H and O–H groups in total. The maximum atomic E-state index is 12.5. The van der Waals surface area contributed by atoms with Crippen molar-refractivity contribution in [1.82, 2.24) is 5.32 Å². The molecule has 0 spiro atoms. The molecule has 1 aromatic rings. The third kappa shape index (κ3) is 4.35. The van der Waals surface area contributed by atoms with Gasteiger partial charge in [-0.05, 0) is 25.7 Å². The molecule has 1 amide bonds. The lowest BCUT2D eigenvalue weighted by Crippen LogP contribution is -2.46. The molecular weight excluding hydrogens is 368 g/mol. The summed E-state index contributed by atoms with van der Waals surface area (Å²) in [7, 11) is 0. The average molecular weight is 392 g/mol. The Kier molecular flexibility index (Phi) is 6.01. The highest BCUT2D eigenvalue weighted by Gasteiger charge is 2.31. The third-order valence-electron chi connectivity index (χ3n) is 5.17. The fourth-order valence-electron chi connectivity index (χ4n) is 3.50. The average Bonchev–Trinajstić information content (AvgIpc) is 2.68. The molecule has 28 heavy (non-hydrogen) atoms. The van der Waals surface area contributed by atoms with E-state index in [4.69, 9.17) is 14.2 Å². The molecule has 1 saturated carbocycles. The van der Waals surface area contributed by atoms with Gasteiger partial charge in [0.2, 0.25) is 0 Å². The monoisotopic (exact) mass is 392 g/mol. The van der Waals surface area contributed by atoms with Gasteiger partial charge >= 0.3 is 5.97 Å². The number of nitro benzene ring substituents is 1. The Morgan fingerprint density at radius 2 is 1.86 bits per heavy atom. The lowest BCUT2D eigenvalue weighted by atomic mass is 9.86. The van der Waals surface area contributed by atoms with Gasteiger partial charge in [-0.15, -0.1) is 0 Å². The van der Waals surface area contributed by atoms with E-state index in [0.29, 0.717) is 5.92 Å². The first-order valence-electron chi connectivity index (χ1n) is 9.46. The molecule has 1 aliphatic carbocycles. The third-order valence-corrected chi connectivity index (χ3v) is 5.17. The molecule has 0 saturated heterocycles. The second-order valence-corrected chi connectivity index (χ2v) is 7.19. The van der Waals surface area contributed by atoms with E-state index in [9.17, 15) is 19.7 Å². The molecule has 1 aliphatic heterocycles.